The number of rotatable bonds is 3. The Kier molecular flexibility index (Phi) is 3.17. The largest absolute Gasteiger partial charge is 0.370 e. The lowest BCUT2D eigenvalue weighted by Gasteiger charge is -2.31. The van der Waals surface area contributed by atoms with Crippen LogP contribution in [0.4, 0.5) is 0 Å². The number of hydrogen-bond donors (Lipinski definition) is 2. The molecule has 0 radical (unpaired) electrons. The van der Waals surface area contributed by atoms with Crippen molar-refractivity contribution in [2.75, 3.05) is 6.54 Å². The third kappa shape index (κ3) is 3.40. The minimum absolute atomic E-state index is 0.411. The molecule has 0 aromatic rings. The van der Waals surface area contributed by atoms with Gasteiger partial charge >= 0.3 is 0 Å². The van der Waals surface area contributed by atoms with Crippen molar-refractivity contribution in [3.63, 3.8) is 0 Å². The van der Waals surface area contributed by atoms with Crippen LogP contribution < -0.4 is 11.1 Å². The summed E-state index contributed by atoms with van der Waals surface area (Å²) in [5.74, 6) is 0.657. The van der Waals surface area contributed by atoms with Crippen molar-refractivity contribution in [3.8, 4) is 0 Å². The van der Waals surface area contributed by atoms with Gasteiger partial charge in [-0.05, 0) is 31.1 Å². The lowest BCUT2D eigenvalue weighted by molar-refractivity contribution is 0.227. The molecule has 3 nitrogen and oxygen atoms in total. The van der Waals surface area contributed by atoms with E-state index in [2.05, 4.69) is 17.2 Å². The zero-order valence-electron chi connectivity index (χ0n) is 9.76. The van der Waals surface area contributed by atoms with E-state index in [4.69, 9.17) is 5.73 Å². The first kappa shape index (κ1) is 10.8. The first-order valence-corrected chi connectivity index (χ1v) is 6.24. The van der Waals surface area contributed by atoms with Gasteiger partial charge in [-0.2, -0.15) is 0 Å². The maximum absolute atomic E-state index is 5.83. The normalized spacial score (nSPS) is 26.3. The molecule has 0 aromatic heterocycles. The van der Waals surface area contributed by atoms with Crippen molar-refractivity contribution in [2.45, 2.75) is 57.9 Å². The van der Waals surface area contributed by atoms with E-state index >= 15 is 0 Å². The SMILES string of the molecule is CC1(CN=C(N)NC2CC2)CCCCC1. The second-order valence-electron chi connectivity index (χ2n) is 5.49. The molecule has 3 heteroatoms. The zero-order chi connectivity index (χ0) is 10.7. The number of nitrogens with one attached hydrogen (secondary N) is 1. The van der Waals surface area contributed by atoms with Crippen LogP contribution in [-0.4, -0.2) is 18.5 Å². The van der Waals surface area contributed by atoms with Crippen molar-refractivity contribution < 1.29 is 0 Å². The van der Waals surface area contributed by atoms with Gasteiger partial charge in [-0.3, -0.25) is 4.99 Å². The van der Waals surface area contributed by atoms with Gasteiger partial charge in [0.05, 0.1) is 0 Å². The average Bonchev–Trinajstić information content (AvgIpc) is 3.00. The van der Waals surface area contributed by atoms with Crippen LogP contribution in [0.5, 0.6) is 0 Å². The van der Waals surface area contributed by atoms with Crippen molar-refractivity contribution in [3.05, 3.63) is 0 Å². The predicted molar refractivity (Wildman–Crippen MR) is 63.8 cm³/mol. The van der Waals surface area contributed by atoms with Crippen LogP contribution in [0.15, 0.2) is 4.99 Å². The third-order valence-electron chi connectivity index (χ3n) is 3.62. The Morgan fingerprint density at radius 3 is 2.60 bits per heavy atom. The van der Waals surface area contributed by atoms with Crippen molar-refractivity contribution in [2.24, 2.45) is 16.1 Å². The van der Waals surface area contributed by atoms with Gasteiger partial charge in [0.25, 0.3) is 0 Å². The van der Waals surface area contributed by atoms with Crippen LogP contribution >= 0.6 is 0 Å². The zero-order valence-corrected chi connectivity index (χ0v) is 9.76. The van der Waals surface area contributed by atoms with Crippen LogP contribution in [0.1, 0.15) is 51.9 Å². The summed E-state index contributed by atoms with van der Waals surface area (Å²) in [6.07, 6.45) is 9.26. The summed E-state index contributed by atoms with van der Waals surface area (Å²) in [5, 5.41) is 3.24. The molecule has 2 saturated carbocycles. The fourth-order valence-corrected chi connectivity index (χ4v) is 2.32. The van der Waals surface area contributed by atoms with E-state index in [1.54, 1.807) is 0 Å². The Bertz CT molecular complexity index is 237. The molecule has 15 heavy (non-hydrogen) atoms. The Morgan fingerprint density at radius 2 is 2.00 bits per heavy atom. The van der Waals surface area contributed by atoms with Gasteiger partial charge in [-0.15, -0.1) is 0 Å². The van der Waals surface area contributed by atoms with Gasteiger partial charge in [0.15, 0.2) is 5.96 Å². The van der Waals surface area contributed by atoms with E-state index < -0.39 is 0 Å². The third-order valence-corrected chi connectivity index (χ3v) is 3.62. The highest BCUT2D eigenvalue weighted by Crippen LogP contribution is 2.35. The molecule has 0 aliphatic heterocycles. The molecule has 0 amide bonds. The van der Waals surface area contributed by atoms with Gasteiger partial charge < -0.3 is 11.1 Å². The standard InChI is InChI=1S/C12H23N3/c1-12(7-3-2-4-8-12)9-14-11(13)15-10-5-6-10/h10H,2-9H2,1H3,(H3,13,14,15). The lowest BCUT2D eigenvalue weighted by Crippen LogP contribution is -2.35. The monoisotopic (exact) mass is 209 g/mol. The van der Waals surface area contributed by atoms with E-state index in [0.29, 0.717) is 17.4 Å². The van der Waals surface area contributed by atoms with Gasteiger partial charge in [0.1, 0.15) is 0 Å². The van der Waals surface area contributed by atoms with E-state index in [9.17, 15) is 0 Å². The fourth-order valence-electron chi connectivity index (χ4n) is 2.32. The molecule has 2 fully saturated rings. The summed E-state index contributed by atoms with van der Waals surface area (Å²) in [4.78, 5) is 4.48. The number of nitrogens with zero attached hydrogens (tertiary/aromatic N) is 1. The molecule has 0 atom stereocenters. The molecule has 2 aliphatic rings. The fraction of sp³-hybridized carbons (Fsp3) is 0.917. The maximum atomic E-state index is 5.83. The van der Waals surface area contributed by atoms with Crippen LogP contribution in [0.2, 0.25) is 0 Å². The van der Waals surface area contributed by atoms with Crippen LogP contribution in [0, 0.1) is 5.41 Å². The number of nitrogens with two attached hydrogens (primary N) is 1. The van der Waals surface area contributed by atoms with E-state index in [1.807, 2.05) is 0 Å². The molecule has 0 bridgehead atoms. The Morgan fingerprint density at radius 1 is 1.33 bits per heavy atom. The summed E-state index contributed by atoms with van der Waals surface area (Å²) in [6, 6.07) is 0.618. The van der Waals surface area contributed by atoms with Crippen LogP contribution in [-0.2, 0) is 0 Å². The van der Waals surface area contributed by atoms with E-state index in [-0.39, 0.29) is 0 Å². The highest BCUT2D eigenvalue weighted by atomic mass is 15.1. The number of aliphatic imine (C=N–C) groups is 1. The average molecular weight is 209 g/mol. The summed E-state index contributed by atoms with van der Waals surface area (Å²) >= 11 is 0. The topological polar surface area (TPSA) is 50.4 Å². The molecule has 0 heterocycles. The minimum Gasteiger partial charge on any atom is -0.370 e. The molecule has 86 valence electrons. The Hall–Kier alpha value is -0.730. The summed E-state index contributed by atoms with van der Waals surface area (Å²) in [7, 11) is 0. The molecule has 0 saturated heterocycles. The molecule has 3 N–H and O–H groups in total. The number of guanidine groups is 1. The second kappa shape index (κ2) is 4.42. The first-order chi connectivity index (χ1) is 7.18. The molecule has 0 aromatic carbocycles. The van der Waals surface area contributed by atoms with Crippen molar-refractivity contribution in [1.29, 1.82) is 0 Å². The molecule has 2 aliphatic carbocycles. The molecular formula is C12H23N3. The van der Waals surface area contributed by atoms with E-state index in [1.165, 1.54) is 44.9 Å². The highest BCUT2D eigenvalue weighted by Gasteiger charge is 2.27. The maximum Gasteiger partial charge on any atom is 0.188 e. The molecule has 0 unspecified atom stereocenters. The van der Waals surface area contributed by atoms with Crippen molar-refractivity contribution >= 4 is 5.96 Å². The quantitative estimate of drug-likeness (QED) is 0.552. The molecule has 0 spiro atoms. The first-order valence-electron chi connectivity index (χ1n) is 6.24. The lowest BCUT2D eigenvalue weighted by atomic mass is 9.76. The van der Waals surface area contributed by atoms with Gasteiger partial charge in [0.2, 0.25) is 0 Å². The summed E-state index contributed by atoms with van der Waals surface area (Å²) in [5.41, 5.74) is 6.24. The molecule has 2 rings (SSSR count). The predicted octanol–water partition coefficient (Wildman–Crippen LogP) is 2.02. The minimum atomic E-state index is 0.411. The summed E-state index contributed by atoms with van der Waals surface area (Å²) in [6.45, 7) is 3.25. The van der Waals surface area contributed by atoms with Crippen molar-refractivity contribution in [1.82, 2.24) is 5.32 Å². The molecular weight excluding hydrogens is 186 g/mol. The van der Waals surface area contributed by atoms with Gasteiger partial charge in [-0.1, -0.05) is 26.2 Å². The highest BCUT2D eigenvalue weighted by molar-refractivity contribution is 5.78. The van der Waals surface area contributed by atoms with E-state index in [0.717, 1.165) is 6.54 Å². The van der Waals surface area contributed by atoms with Crippen LogP contribution in [0.25, 0.3) is 0 Å². The van der Waals surface area contributed by atoms with Gasteiger partial charge in [0, 0.05) is 12.6 Å². The smallest absolute Gasteiger partial charge is 0.188 e. The summed E-state index contributed by atoms with van der Waals surface area (Å²) < 4.78 is 0. The number of hydrogen-bond acceptors (Lipinski definition) is 1. The van der Waals surface area contributed by atoms with Gasteiger partial charge in [-0.25, -0.2) is 0 Å². The second-order valence-corrected chi connectivity index (χ2v) is 5.49. The van der Waals surface area contributed by atoms with Crippen LogP contribution in [0.3, 0.4) is 0 Å². The Balaban J connectivity index is 1.78. The Labute approximate surface area is 92.5 Å².